The van der Waals surface area contributed by atoms with Crippen LogP contribution in [-0.2, 0) is 25.7 Å². The van der Waals surface area contributed by atoms with E-state index in [4.69, 9.17) is 4.74 Å². The minimum Gasteiger partial charge on any atom is -0.459 e. The number of aryl methyl sites for hydroxylation is 2. The monoisotopic (exact) mass is 440 g/mol. The van der Waals surface area contributed by atoms with E-state index in [-0.39, 0.29) is 36.2 Å². The molecule has 0 aliphatic heterocycles. The number of anilines is 2. The lowest BCUT2D eigenvalue weighted by Gasteiger charge is -2.36. The number of carbonyl (C=O) groups excluding carboxylic acids is 3. The van der Waals surface area contributed by atoms with E-state index in [1.54, 1.807) is 4.90 Å². The number of benzene rings is 1. The van der Waals surface area contributed by atoms with Crippen LogP contribution in [0.3, 0.4) is 0 Å². The molecule has 4 rings (SSSR count). The Hall–Kier alpha value is -2.54. The maximum absolute atomic E-state index is 12.6. The molecule has 2 bridgehead atoms. The standard InChI is InChI=1S/C24H28N2O4S/c1-14-7-8-21(9-15(14)2)26(16(3)27)24-25-20(13-31-24)12-30-23(29)19-10-17-5-4-6-18(11-19)22(17)28/h7-9,13,17-19H,4-6,10-12H2,1-3H3. The summed E-state index contributed by atoms with van der Waals surface area (Å²) >= 11 is 1.35. The second kappa shape index (κ2) is 8.91. The molecule has 0 radical (unpaired) electrons. The zero-order valence-electron chi connectivity index (χ0n) is 18.2. The number of Topliss-reactive ketones (excluding diaryl/α,β-unsaturated/α-hetero) is 1. The first-order chi connectivity index (χ1) is 14.8. The number of esters is 1. The fourth-order valence-electron chi connectivity index (χ4n) is 4.69. The molecule has 1 heterocycles. The minimum atomic E-state index is -0.239. The third kappa shape index (κ3) is 4.56. The molecule has 2 aromatic rings. The van der Waals surface area contributed by atoms with Crippen LogP contribution in [0.5, 0.6) is 0 Å². The summed E-state index contributed by atoms with van der Waals surface area (Å²) in [5.74, 6) is -0.169. The molecule has 1 aromatic heterocycles. The van der Waals surface area contributed by atoms with Gasteiger partial charge in [-0.25, -0.2) is 4.98 Å². The summed E-state index contributed by atoms with van der Waals surface area (Å²) in [7, 11) is 0. The van der Waals surface area contributed by atoms with Gasteiger partial charge in [0.15, 0.2) is 5.13 Å². The first kappa shape index (κ1) is 21.7. The van der Waals surface area contributed by atoms with Gasteiger partial charge < -0.3 is 4.74 Å². The van der Waals surface area contributed by atoms with Crippen molar-refractivity contribution in [2.45, 2.75) is 59.5 Å². The van der Waals surface area contributed by atoms with E-state index in [0.717, 1.165) is 36.1 Å². The average Bonchev–Trinajstić information content (AvgIpc) is 3.17. The first-order valence-corrected chi connectivity index (χ1v) is 11.7. The summed E-state index contributed by atoms with van der Waals surface area (Å²) in [5, 5.41) is 2.37. The maximum atomic E-state index is 12.6. The molecule has 6 nitrogen and oxygen atoms in total. The number of aromatic nitrogens is 1. The number of nitrogens with zero attached hydrogens (tertiary/aromatic N) is 2. The fraction of sp³-hybridized carbons (Fsp3) is 0.500. The van der Waals surface area contributed by atoms with E-state index in [1.165, 1.54) is 18.3 Å². The Morgan fingerprint density at radius 1 is 1.16 bits per heavy atom. The second-order valence-electron chi connectivity index (χ2n) is 8.75. The van der Waals surface area contributed by atoms with Crippen molar-refractivity contribution in [3.8, 4) is 0 Å². The highest BCUT2D eigenvalue weighted by molar-refractivity contribution is 7.14. The molecule has 1 aromatic carbocycles. The molecule has 2 saturated carbocycles. The average molecular weight is 441 g/mol. The summed E-state index contributed by atoms with van der Waals surface area (Å²) in [4.78, 5) is 43.3. The normalized spacial score (nSPS) is 22.8. The van der Waals surface area contributed by atoms with Crippen LogP contribution in [0.15, 0.2) is 23.6 Å². The van der Waals surface area contributed by atoms with Crippen molar-refractivity contribution < 1.29 is 19.1 Å². The van der Waals surface area contributed by atoms with Gasteiger partial charge in [0.2, 0.25) is 5.91 Å². The van der Waals surface area contributed by atoms with Crippen LogP contribution in [0.2, 0.25) is 0 Å². The van der Waals surface area contributed by atoms with Gasteiger partial charge in [0, 0.05) is 24.1 Å². The van der Waals surface area contributed by atoms with Gasteiger partial charge in [0.1, 0.15) is 12.4 Å². The Labute approximate surface area is 186 Å². The highest BCUT2D eigenvalue weighted by Gasteiger charge is 2.41. The molecule has 31 heavy (non-hydrogen) atoms. The Morgan fingerprint density at radius 2 is 1.87 bits per heavy atom. The number of thiazole rings is 1. The summed E-state index contributed by atoms with van der Waals surface area (Å²) in [6.07, 6.45) is 4.10. The van der Waals surface area contributed by atoms with Crippen LogP contribution >= 0.6 is 11.3 Å². The van der Waals surface area contributed by atoms with Crippen molar-refractivity contribution in [2.75, 3.05) is 4.90 Å². The molecule has 0 spiro atoms. The second-order valence-corrected chi connectivity index (χ2v) is 9.58. The molecular formula is C24H28N2O4S. The number of amides is 1. The zero-order chi connectivity index (χ0) is 22.1. The van der Waals surface area contributed by atoms with Crippen LogP contribution in [0.1, 0.15) is 55.8 Å². The van der Waals surface area contributed by atoms with Crippen LogP contribution in [0.4, 0.5) is 10.8 Å². The zero-order valence-corrected chi connectivity index (χ0v) is 19.0. The highest BCUT2D eigenvalue weighted by atomic mass is 32.1. The maximum Gasteiger partial charge on any atom is 0.309 e. The van der Waals surface area contributed by atoms with Crippen LogP contribution in [0.25, 0.3) is 0 Å². The van der Waals surface area contributed by atoms with Crippen molar-refractivity contribution in [1.82, 2.24) is 4.98 Å². The lowest BCUT2D eigenvalue weighted by atomic mass is 9.67. The summed E-state index contributed by atoms with van der Waals surface area (Å²) < 4.78 is 5.55. The van der Waals surface area contributed by atoms with E-state index < -0.39 is 0 Å². The molecule has 1 amide bonds. The van der Waals surface area contributed by atoms with E-state index in [2.05, 4.69) is 4.98 Å². The minimum absolute atomic E-state index is 0.0259. The predicted octanol–water partition coefficient (Wildman–Crippen LogP) is 4.88. The lowest BCUT2D eigenvalue weighted by molar-refractivity contribution is -0.154. The molecule has 164 valence electrons. The molecule has 7 heteroatoms. The molecule has 0 N–H and O–H groups in total. The van der Waals surface area contributed by atoms with E-state index in [1.807, 2.05) is 37.4 Å². The topological polar surface area (TPSA) is 76.6 Å². The number of carbonyl (C=O) groups is 3. The van der Waals surface area contributed by atoms with Crippen LogP contribution in [0, 0.1) is 31.6 Å². The van der Waals surface area contributed by atoms with Crippen molar-refractivity contribution in [3.63, 3.8) is 0 Å². The van der Waals surface area contributed by atoms with E-state index in [0.29, 0.717) is 29.5 Å². The predicted molar refractivity (Wildman–Crippen MR) is 119 cm³/mol. The van der Waals surface area contributed by atoms with Crippen molar-refractivity contribution >= 4 is 39.8 Å². The number of ketones is 1. The Morgan fingerprint density at radius 3 is 2.52 bits per heavy atom. The van der Waals surface area contributed by atoms with Gasteiger partial charge in [-0.3, -0.25) is 19.3 Å². The molecule has 2 fully saturated rings. The molecule has 2 atom stereocenters. The summed E-state index contributed by atoms with van der Waals surface area (Å²) in [6, 6.07) is 5.87. The van der Waals surface area contributed by atoms with E-state index in [9.17, 15) is 14.4 Å². The summed E-state index contributed by atoms with van der Waals surface area (Å²) in [5.41, 5.74) is 3.65. The molecule has 2 unspecified atom stereocenters. The van der Waals surface area contributed by atoms with Gasteiger partial charge in [-0.2, -0.15) is 0 Å². The van der Waals surface area contributed by atoms with Crippen molar-refractivity contribution in [3.05, 3.63) is 40.4 Å². The lowest BCUT2D eigenvalue weighted by Crippen LogP contribution is -2.39. The Bertz CT molecular complexity index is 999. The smallest absolute Gasteiger partial charge is 0.309 e. The van der Waals surface area contributed by atoms with Gasteiger partial charge in [0.25, 0.3) is 0 Å². The van der Waals surface area contributed by atoms with Gasteiger partial charge in [-0.15, -0.1) is 11.3 Å². The summed E-state index contributed by atoms with van der Waals surface area (Å²) in [6.45, 7) is 5.63. The van der Waals surface area contributed by atoms with Gasteiger partial charge in [-0.1, -0.05) is 12.5 Å². The molecule has 0 saturated heterocycles. The fourth-order valence-corrected chi connectivity index (χ4v) is 5.56. The first-order valence-electron chi connectivity index (χ1n) is 10.9. The third-order valence-corrected chi connectivity index (χ3v) is 7.41. The van der Waals surface area contributed by atoms with Crippen LogP contribution < -0.4 is 4.90 Å². The van der Waals surface area contributed by atoms with Gasteiger partial charge in [-0.05, 0) is 62.8 Å². The van der Waals surface area contributed by atoms with Crippen molar-refractivity contribution in [1.29, 1.82) is 0 Å². The molecule has 2 aliphatic rings. The Kier molecular flexibility index (Phi) is 6.23. The largest absolute Gasteiger partial charge is 0.459 e. The van der Waals surface area contributed by atoms with Crippen LogP contribution in [-0.4, -0.2) is 22.6 Å². The Balaban J connectivity index is 1.41. The number of rotatable bonds is 5. The molecule has 2 aliphatic carbocycles. The highest BCUT2D eigenvalue weighted by Crippen LogP contribution is 2.40. The quantitative estimate of drug-likeness (QED) is 0.619. The number of hydrogen-bond acceptors (Lipinski definition) is 6. The number of hydrogen-bond donors (Lipinski definition) is 0. The van der Waals surface area contributed by atoms with Gasteiger partial charge in [0.05, 0.1) is 17.3 Å². The third-order valence-electron chi connectivity index (χ3n) is 6.54. The van der Waals surface area contributed by atoms with E-state index >= 15 is 0 Å². The number of ether oxygens (including phenoxy) is 1. The van der Waals surface area contributed by atoms with Gasteiger partial charge >= 0.3 is 5.97 Å². The molecular weight excluding hydrogens is 412 g/mol. The SMILES string of the molecule is CC(=O)N(c1ccc(C)c(C)c1)c1nc(COC(=O)C2CC3CCCC(C2)C3=O)cs1. The van der Waals surface area contributed by atoms with Crippen molar-refractivity contribution in [2.24, 2.45) is 17.8 Å². The number of fused-ring (bicyclic) bond motifs is 2.